The molecule has 6 heteroatoms. The number of nitrogens with one attached hydrogen (secondary N) is 2. The molecule has 2 rings (SSSR count). The molecule has 0 heterocycles. The van der Waals surface area contributed by atoms with Gasteiger partial charge in [-0.2, -0.15) is 0 Å². The summed E-state index contributed by atoms with van der Waals surface area (Å²) >= 11 is 0. The maximum absolute atomic E-state index is 12.6. The number of rotatable bonds is 11. The third-order valence-electron chi connectivity index (χ3n) is 6.03. The number of methoxy groups -OCH3 is 1. The van der Waals surface area contributed by atoms with Gasteiger partial charge in [0.1, 0.15) is 5.76 Å². The number of benzene rings is 2. The number of aryl methyl sites for hydroxylation is 1. The number of anilines is 1. The minimum Gasteiger partial charge on any atom is -0.500 e. The summed E-state index contributed by atoms with van der Waals surface area (Å²) in [6.07, 6.45) is 6.09. The Morgan fingerprint density at radius 2 is 1.74 bits per heavy atom. The highest BCUT2D eigenvalue weighted by molar-refractivity contribution is 6.05. The summed E-state index contributed by atoms with van der Waals surface area (Å²) in [5, 5.41) is 5.57. The summed E-state index contributed by atoms with van der Waals surface area (Å²) < 4.78 is 5.26. The molecule has 210 valence electrons. The first kappa shape index (κ1) is 32.4. The molecule has 0 spiro atoms. The summed E-state index contributed by atoms with van der Waals surface area (Å²) in [6.45, 7) is 20.9. The minimum absolute atomic E-state index is 0. The minimum atomic E-state index is -0.0692. The van der Waals surface area contributed by atoms with Crippen LogP contribution < -0.4 is 10.6 Å². The van der Waals surface area contributed by atoms with E-state index in [0.29, 0.717) is 6.41 Å². The molecule has 0 unspecified atom stereocenters. The van der Waals surface area contributed by atoms with Gasteiger partial charge in [-0.25, -0.2) is 0 Å². The van der Waals surface area contributed by atoms with Gasteiger partial charge in [-0.15, -0.1) is 0 Å². The van der Waals surface area contributed by atoms with Crippen molar-refractivity contribution in [3.63, 3.8) is 0 Å². The van der Waals surface area contributed by atoms with Gasteiger partial charge >= 0.3 is 0 Å². The van der Waals surface area contributed by atoms with Crippen LogP contribution in [0.2, 0.25) is 0 Å². The Balaban J connectivity index is 0. The predicted molar refractivity (Wildman–Crippen MR) is 164 cm³/mol. The molecule has 38 heavy (non-hydrogen) atoms. The zero-order valence-corrected chi connectivity index (χ0v) is 24.4. The van der Waals surface area contributed by atoms with Crippen LogP contribution in [0.3, 0.4) is 0 Å². The molecule has 0 atom stereocenters. The number of carbonyl (C=O) groups is 2. The number of allylic oxidation sites excluding steroid dienone is 3. The molecule has 0 aliphatic heterocycles. The van der Waals surface area contributed by atoms with Crippen LogP contribution in [-0.4, -0.2) is 37.4 Å². The highest BCUT2D eigenvalue weighted by atomic mass is 16.5. The molecule has 0 fully saturated rings. The third kappa shape index (κ3) is 10.8. The van der Waals surface area contributed by atoms with E-state index in [-0.39, 0.29) is 14.2 Å². The number of hydrogen-bond donors (Lipinski definition) is 2. The lowest BCUT2D eigenvalue weighted by Crippen LogP contribution is -2.22. The van der Waals surface area contributed by atoms with Crippen molar-refractivity contribution >= 4 is 24.1 Å². The lowest BCUT2D eigenvalue weighted by Gasteiger charge is -2.21. The van der Waals surface area contributed by atoms with Crippen LogP contribution in [0.15, 0.2) is 72.7 Å². The van der Waals surface area contributed by atoms with Crippen LogP contribution in [0.4, 0.5) is 5.69 Å². The molecule has 0 aromatic heterocycles. The number of hydrogen-bond acceptors (Lipinski definition) is 4. The van der Waals surface area contributed by atoms with Crippen molar-refractivity contribution in [2.24, 2.45) is 5.41 Å². The summed E-state index contributed by atoms with van der Waals surface area (Å²) in [6, 6.07) is 13.8. The van der Waals surface area contributed by atoms with Crippen LogP contribution in [0.1, 0.15) is 71.4 Å². The normalized spacial score (nSPS) is 11.8. The summed E-state index contributed by atoms with van der Waals surface area (Å²) in [7, 11) is 1.63. The first-order valence-corrected chi connectivity index (χ1v) is 13.0. The Hall–Kier alpha value is -3.64. The molecule has 0 bridgehead atoms. The second-order valence-electron chi connectivity index (χ2n) is 9.86. The quantitative estimate of drug-likeness (QED) is 0.182. The van der Waals surface area contributed by atoms with Crippen molar-refractivity contribution < 1.29 is 17.2 Å². The maximum atomic E-state index is 12.6. The first-order valence-electron chi connectivity index (χ1n) is 13.0. The molecule has 0 radical (unpaired) electrons. The smallest absolute Gasteiger partial charge is 0.255 e. The Morgan fingerprint density at radius 1 is 1.11 bits per heavy atom. The fraction of sp³-hybridized carbons (Fsp3) is 0.375. The molecule has 2 amide bonds. The highest BCUT2D eigenvalue weighted by Crippen LogP contribution is 2.26. The fourth-order valence-corrected chi connectivity index (χ4v) is 3.62. The van der Waals surface area contributed by atoms with Crippen LogP contribution in [0, 0.1) is 12.3 Å². The molecule has 0 aliphatic rings. The van der Waals surface area contributed by atoms with Gasteiger partial charge in [0, 0.05) is 31.8 Å². The molecule has 2 N–H and O–H groups in total. The zero-order chi connectivity index (χ0) is 28.7. The monoisotopic (exact) mass is 523 g/mol. The lowest BCUT2D eigenvalue weighted by molar-refractivity contribution is -0.108. The van der Waals surface area contributed by atoms with E-state index in [1.807, 2.05) is 62.4 Å². The van der Waals surface area contributed by atoms with Gasteiger partial charge in [0.05, 0.1) is 7.11 Å². The topological polar surface area (TPSA) is 70.7 Å². The third-order valence-corrected chi connectivity index (χ3v) is 6.03. The molecule has 6 nitrogen and oxygen atoms in total. The largest absolute Gasteiger partial charge is 0.500 e. The summed E-state index contributed by atoms with van der Waals surface area (Å²) in [5.41, 5.74) is 5.38. The SMILES string of the molecule is C/C=C(/C=C(\OC)C(C)(C)C)NC=O.C=Cc1ccc(NC(=O)c2cc(CN(CC)CC)ccc2C)cc1.[HH].[HH]. The van der Waals surface area contributed by atoms with Gasteiger partial charge in [-0.3, -0.25) is 14.5 Å². The average molecular weight is 524 g/mol. The molecule has 2 aromatic carbocycles. The van der Waals surface area contributed by atoms with Crippen molar-refractivity contribution in [3.8, 4) is 0 Å². The van der Waals surface area contributed by atoms with Gasteiger partial charge in [-0.05, 0) is 67.9 Å². The van der Waals surface area contributed by atoms with E-state index in [9.17, 15) is 9.59 Å². The van der Waals surface area contributed by atoms with Gasteiger partial charge in [-0.1, -0.05) is 77.6 Å². The molecule has 2 aromatic rings. The van der Waals surface area contributed by atoms with Crippen molar-refractivity contribution in [2.45, 2.75) is 55.0 Å². The fourth-order valence-electron chi connectivity index (χ4n) is 3.62. The Kier molecular flexibility index (Phi) is 13.9. The van der Waals surface area contributed by atoms with Crippen LogP contribution in [-0.2, 0) is 16.1 Å². The predicted octanol–water partition coefficient (Wildman–Crippen LogP) is 7.44. The van der Waals surface area contributed by atoms with Gasteiger partial charge in [0.2, 0.25) is 6.41 Å². The molecule has 0 saturated heterocycles. The standard InChI is InChI=1S/C21H26N2O.C11H19NO2.2H2/c1-5-17-10-12-19(13-11-17)22-21(24)20-14-18(9-8-16(20)4)15-23(6-2)7-3;1-6-9(12-8-13)7-10(14-5)11(2,3)4;;/h5,8-14H,1,6-7,15H2,2-4H3,(H,22,24);6-8H,1-5H3,(H,12,13);2*1H/b;9-6-,10-7-;;. The van der Waals surface area contributed by atoms with E-state index in [4.69, 9.17) is 4.74 Å². The van der Waals surface area contributed by atoms with Crippen molar-refractivity contribution in [1.82, 2.24) is 10.2 Å². The second-order valence-corrected chi connectivity index (χ2v) is 9.86. The lowest BCUT2D eigenvalue weighted by atomic mass is 9.93. The average Bonchev–Trinajstić information content (AvgIpc) is 2.90. The first-order chi connectivity index (χ1) is 18.0. The maximum Gasteiger partial charge on any atom is 0.255 e. The van der Waals surface area contributed by atoms with Crippen LogP contribution >= 0.6 is 0 Å². The van der Waals surface area contributed by atoms with Crippen molar-refractivity contribution in [3.05, 3.63) is 94.9 Å². The van der Waals surface area contributed by atoms with Crippen LogP contribution in [0.25, 0.3) is 6.08 Å². The van der Waals surface area contributed by atoms with Gasteiger partial charge in [0.25, 0.3) is 5.91 Å². The second kappa shape index (κ2) is 16.3. The summed E-state index contributed by atoms with van der Waals surface area (Å²) in [5.74, 6) is 0.764. The summed E-state index contributed by atoms with van der Waals surface area (Å²) in [4.78, 5) is 25.2. The molecular formula is C32H49N3O3. The molecule has 0 aliphatic carbocycles. The van der Waals surface area contributed by atoms with E-state index in [1.165, 1.54) is 0 Å². The number of ether oxygens (including phenoxy) is 1. The Bertz CT molecular complexity index is 1120. The highest BCUT2D eigenvalue weighted by Gasteiger charge is 2.18. The Morgan fingerprint density at radius 3 is 2.21 bits per heavy atom. The molecular weight excluding hydrogens is 474 g/mol. The number of nitrogens with zero attached hydrogens (tertiary/aromatic N) is 1. The van der Waals surface area contributed by atoms with E-state index in [2.05, 4.69) is 62.8 Å². The van der Waals surface area contributed by atoms with Crippen molar-refractivity contribution in [1.29, 1.82) is 0 Å². The van der Waals surface area contributed by atoms with E-state index < -0.39 is 0 Å². The number of carbonyl (C=O) groups excluding carboxylic acids is 2. The van der Waals surface area contributed by atoms with Crippen LogP contribution in [0.5, 0.6) is 0 Å². The Labute approximate surface area is 232 Å². The van der Waals surface area contributed by atoms with E-state index in [1.54, 1.807) is 13.2 Å². The van der Waals surface area contributed by atoms with E-state index in [0.717, 1.165) is 59.0 Å². The molecule has 0 saturated carbocycles. The van der Waals surface area contributed by atoms with Gasteiger partial charge in [0.15, 0.2) is 0 Å². The number of amides is 2. The van der Waals surface area contributed by atoms with Gasteiger partial charge < -0.3 is 15.4 Å². The van der Waals surface area contributed by atoms with Crippen molar-refractivity contribution in [2.75, 3.05) is 25.5 Å². The zero-order valence-electron chi connectivity index (χ0n) is 24.4. The van der Waals surface area contributed by atoms with E-state index >= 15 is 0 Å².